The molecule has 0 spiro atoms. The van der Waals surface area contributed by atoms with E-state index in [1.807, 2.05) is 17.8 Å². The third-order valence-electron chi connectivity index (χ3n) is 3.54. The Labute approximate surface area is 114 Å². The highest BCUT2D eigenvalue weighted by Crippen LogP contribution is 2.19. The molecule has 1 saturated heterocycles. The van der Waals surface area contributed by atoms with E-state index in [2.05, 4.69) is 23.1 Å². The van der Waals surface area contributed by atoms with Crippen LogP contribution in [-0.2, 0) is 22.6 Å². The summed E-state index contributed by atoms with van der Waals surface area (Å²) in [5.74, 6) is -0.00799. The average Bonchev–Trinajstić information content (AvgIpc) is 2.87. The smallest absolute Gasteiger partial charge is 0.310 e. The first-order valence-corrected chi connectivity index (χ1v) is 7.13. The molecule has 1 aliphatic heterocycles. The molecule has 0 bridgehead atoms. The van der Waals surface area contributed by atoms with Crippen molar-refractivity contribution >= 4 is 5.97 Å². The van der Waals surface area contributed by atoms with E-state index in [0.717, 1.165) is 39.0 Å². The van der Waals surface area contributed by atoms with Gasteiger partial charge in [-0.1, -0.05) is 0 Å². The van der Waals surface area contributed by atoms with Crippen LogP contribution in [0.1, 0.15) is 32.3 Å². The van der Waals surface area contributed by atoms with E-state index in [0.29, 0.717) is 6.61 Å². The summed E-state index contributed by atoms with van der Waals surface area (Å²) in [6.45, 7) is 8.02. The van der Waals surface area contributed by atoms with Crippen LogP contribution in [0.4, 0.5) is 0 Å². The molecule has 1 aromatic rings. The zero-order valence-corrected chi connectivity index (χ0v) is 11.8. The topological polar surface area (TPSA) is 47.4 Å². The lowest BCUT2D eigenvalue weighted by molar-refractivity contribution is -0.150. The first kappa shape index (κ1) is 14.1. The number of hydrogen-bond acceptors (Lipinski definition) is 4. The molecule has 5 heteroatoms. The fourth-order valence-corrected chi connectivity index (χ4v) is 2.57. The molecule has 5 nitrogen and oxygen atoms in total. The Kier molecular flexibility index (Phi) is 4.96. The van der Waals surface area contributed by atoms with Crippen LogP contribution in [0.2, 0.25) is 0 Å². The maximum atomic E-state index is 11.8. The predicted molar refractivity (Wildman–Crippen MR) is 72.5 cm³/mol. The molecule has 1 aliphatic rings. The number of hydrogen-bond donors (Lipinski definition) is 0. The number of nitrogens with zero attached hydrogens (tertiary/aromatic N) is 3. The molecule has 0 aliphatic carbocycles. The van der Waals surface area contributed by atoms with Crippen molar-refractivity contribution in [1.29, 1.82) is 0 Å². The molecule has 2 rings (SSSR count). The largest absolute Gasteiger partial charge is 0.466 e. The summed E-state index contributed by atoms with van der Waals surface area (Å²) in [5.41, 5.74) is 1.21. The van der Waals surface area contributed by atoms with Crippen molar-refractivity contribution in [2.75, 3.05) is 19.7 Å². The minimum Gasteiger partial charge on any atom is -0.466 e. The van der Waals surface area contributed by atoms with E-state index < -0.39 is 0 Å². The van der Waals surface area contributed by atoms with Crippen molar-refractivity contribution in [1.82, 2.24) is 14.7 Å². The van der Waals surface area contributed by atoms with Crippen LogP contribution >= 0.6 is 0 Å². The van der Waals surface area contributed by atoms with E-state index in [4.69, 9.17) is 4.74 Å². The van der Waals surface area contributed by atoms with Crippen molar-refractivity contribution in [2.45, 2.75) is 39.8 Å². The van der Waals surface area contributed by atoms with E-state index >= 15 is 0 Å². The maximum Gasteiger partial charge on any atom is 0.310 e. The molecule has 2 heterocycles. The first-order valence-electron chi connectivity index (χ1n) is 7.13. The van der Waals surface area contributed by atoms with Gasteiger partial charge < -0.3 is 4.74 Å². The molecule has 0 radical (unpaired) electrons. The summed E-state index contributed by atoms with van der Waals surface area (Å²) in [5, 5.41) is 4.28. The summed E-state index contributed by atoms with van der Waals surface area (Å²) in [7, 11) is 0. The molecule has 1 fully saturated rings. The van der Waals surface area contributed by atoms with Gasteiger partial charge in [0.25, 0.3) is 0 Å². The number of carbonyl (C=O) groups is 1. The Morgan fingerprint density at radius 2 is 2.37 bits per heavy atom. The fourth-order valence-electron chi connectivity index (χ4n) is 2.57. The Morgan fingerprint density at radius 1 is 1.53 bits per heavy atom. The maximum absolute atomic E-state index is 11.8. The number of piperidine rings is 1. The third-order valence-corrected chi connectivity index (χ3v) is 3.54. The second kappa shape index (κ2) is 6.70. The normalized spacial score (nSPS) is 20.4. The van der Waals surface area contributed by atoms with Gasteiger partial charge in [0.05, 0.1) is 18.7 Å². The van der Waals surface area contributed by atoms with E-state index in [1.54, 1.807) is 0 Å². The number of aromatic nitrogens is 2. The Morgan fingerprint density at radius 3 is 3.05 bits per heavy atom. The van der Waals surface area contributed by atoms with Crippen LogP contribution in [0.15, 0.2) is 12.4 Å². The molecule has 0 amide bonds. The molecule has 1 unspecified atom stereocenters. The van der Waals surface area contributed by atoms with Gasteiger partial charge in [-0.15, -0.1) is 0 Å². The molecular formula is C14H23N3O2. The highest BCUT2D eigenvalue weighted by molar-refractivity contribution is 5.72. The van der Waals surface area contributed by atoms with E-state index in [1.165, 1.54) is 5.56 Å². The van der Waals surface area contributed by atoms with Gasteiger partial charge >= 0.3 is 5.97 Å². The molecule has 0 aromatic carbocycles. The predicted octanol–water partition coefficient (Wildman–Crippen LogP) is 1.68. The number of rotatable bonds is 5. The Balaban J connectivity index is 1.88. The van der Waals surface area contributed by atoms with Gasteiger partial charge in [0.2, 0.25) is 0 Å². The van der Waals surface area contributed by atoms with Gasteiger partial charge in [-0.25, -0.2) is 0 Å². The SMILES string of the molecule is CCOC(=O)C1CCCN(Cc2cnn(CC)c2)C1. The van der Waals surface area contributed by atoms with Crippen LogP contribution < -0.4 is 0 Å². The lowest BCUT2D eigenvalue weighted by atomic mass is 9.98. The number of carbonyl (C=O) groups excluding carboxylic acids is 1. The summed E-state index contributed by atoms with van der Waals surface area (Å²) in [4.78, 5) is 14.1. The van der Waals surface area contributed by atoms with Gasteiger partial charge in [0.1, 0.15) is 0 Å². The van der Waals surface area contributed by atoms with Gasteiger partial charge in [-0.05, 0) is 33.2 Å². The number of ether oxygens (including phenoxy) is 1. The minimum absolute atomic E-state index is 0.0370. The first-order chi connectivity index (χ1) is 9.22. The standard InChI is InChI=1S/C14H23N3O2/c1-3-17-10-12(8-15-17)9-16-7-5-6-13(11-16)14(18)19-4-2/h8,10,13H,3-7,9,11H2,1-2H3. The van der Waals surface area contributed by atoms with Crippen molar-refractivity contribution in [2.24, 2.45) is 5.92 Å². The van der Waals surface area contributed by atoms with Gasteiger partial charge in [0.15, 0.2) is 0 Å². The van der Waals surface area contributed by atoms with Gasteiger partial charge in [-0.3, -0.25) is 14.4 Å². The van der Waals surface area contributed by atoms with Crippen LogP contribution in [0.5, 0.6) is 0 Å². The minimum atomic E-state index is -0.0450. The summed E-state index contributed by atoms with van der Waals surface area (Å²) in [6.07, 6.45) is 6.00. The van der Waals surface area contributed by atoms with Crippen LogP contribution in [-0.4, -0.2) is 40.3 Å². The lowest BCUT2D eigenvalue weighted by Gasteiger charge is -2.31. The van der Waals surface area contributed by atoms with Crippen molar-refractivity contribution in [3.8, 4) is 0 Å². The van der Waals surface area contributed by atoms with Crippen LogP contribution in [0, 0.1) is 5.92 Å². The average molecular weight is 265 g/mol. The van der Waals surface area contributed by atoms with Crippen molar-refractivity contribution in [3.05, 3.63) is 18.0 Å². The number of likely N-dealkylation sites (tertiary alicyclic amines) is 1. The number of esters is 1. The molecule has 0 N–H and O–H groups in total. The Bertz CT molecular complexity index is 417. The van der Waals surface area contributed by atoms with E-state index in [9.17, 15) is 4.79 Å². The highest BCUT2D eigenvalue weighted by Gasteiger charge is 2.26. The summed E-state index contributed by atoms with van der Waals surface area (Å²) < 4.78 is 7.05. The molecule has 19 heavy (non-hydrogen) atoms. The Hall–Kier alpha value is -1.36. The second-order valence-electron chi connectivity index (χ2n) is 5.03. The second-order valence-corrected chi connectivity index (χ2v) is 5.03. The highest BCUT2D eigenvalue weighted by atomic mass is 16.5. The van der Waals surface area contributed by atoms with Crippen LogP contribution in [0.3, 0.4) is 0 Å². The van der Waals surface area contributed by atoms with Crippen molar-refractivity contribution < 1.29 is 9.53 Å². The summed E-state index contributed by atoms with van der Waals surface area (Å²) >= 11 is 0. The van der Waals surface area contributed by atoms with Gasteiger partial charge in [0, 0.05) is 31.4 Å². The monoisotopic (exact) mass is 265 g/mol. The zero-order chi connectivity index (χ0) is 13.7. The third kappa shape index (κ3) is 3.80. The molecule has 1 aromatic heterocycles. The molecular weight excluding hydrogens is 242 g/mol. The van der Waals surface area contributed by atoms with Gasteiger partial charge in [-0.2, -0.15) is 5.10 Å². The fraction of sp³-hybridized carbons (Fsp3) is 0.714. The quantitative estimate of drug-likeness (QED) is 0.760. The molecule has 106 valence electrons. The summed E-state index contributed by atoms with van der Waals surface area (Å²) in [6, 6.07) is 0. The molecule has 0 saturated carbocycles. The van der Waals surface area contributed by atoms with E-state index in [-0.39, 0.29) is 11.9 Å². The van der Waals surface area contributed by atoms with Crippen LogP contribution in [0.25, 0.3) is 0 Å². The zero-order valence-electron chi connectivity index (χ0n) is 11.8. The lowest BCUT2D eigenvalue weighted by Crippen LogP contribution is -2.38. The number of aryl methyl sites for hydroxylation is 1. The molecule has 1 atom stereocenters. The van der Waals surface area contributed by atoms with Crippen molar-refractivity contribution in [3.63, 3.8) is 0 Å².